The zero-order valence-electron chi connectivity index (χ0n) is 12.0. The molecule has 2 atom stereocenters. The van der Waals surface area contributed by atoms with Crippen LogP contribution in [0.1, 0.15) is 24.9 Å². The zero-order chi connectivity index (χ0) is 14.9. The van der Waals surface area contributed by atoms with Crippen molar-refractivity contribution >= 4 is 17.6 Å². The van der Waals surface area contributed by atoms with E-state index in [0.717, 1.165) is 11.3 Å². The van der Waals surface area contributed by atoms with Crippen LogP contribution in [0.4, 0.5) is 5.69 Å². The molecule has 1 N–H and O–H groups in total. The fraction of sp³-hybridized carbons (Fsp3) is 0.467. The Morgan fingerprint density at radius 3 is 2.40 bits per heavy atom. The van der Waals surface area contributed by atoms with E-state index in [4.69, 9.17) is 0 Å². The highest BCUT2D eigenvalue weighted by molar-refractivity contribution is 5.87. The summed E-state index contributed by atoms with van der Waals surface area (Å²) in [6.07, 6.45) is 0.0866. The number of benzene rings is 1. The van der Waals surface area contributed by atoms with Gasteiger partial charge in [0, 0.05) is 32.7 Å². The van der Waals surface area contributed by atoms with Crippen LogP contribution >= 0.6 is 0 Å². The van der Waals surface area contributed by atoms with E-state index in [9.17, 15) is 14.7 Å². The molecule has 20 heavy (non-hydrogen) atoms. The van der Waals surface area contributed by atoms with Crippen molar-refractivity contribution in [3.8, 4) is 0 Å². The minimum absolute atomic E-state index is 0.0819. The number of hydrogen-bond donors (Lipinski definition) is 1. The van der Waals surface area contributed by atoms with Crippen molar-refractivity contribution in [2.45, 2.75) is 19.4 Å². The molecule has 2 rings (SSSR count). The molecule has 108 valence electrons. The first-order valence-corrected chi connectivity index (χ1v) is 6.75. The van der Waals surface area contributed by atoms with Gasteiger partial charge in [0.25, 0.3) is 0 Å². The van der Waals surface area contributed by atoms with Crippen LogP contribution in [0.5, 0.6) is 0 Å². The van der Waals surface area contributed by atoms with Gasteiger partial charge in [-0.2, -0.15) is 0 Å². The molecule has 0 aliphatic carbocycles. The van der Waals surface area contributed by atoms with E-state index in [0.29, 0.717) is 6.54 Å². The average molecular weight is 276 g/mol. The van der Waals surface area contributed by atoms with Gasteiger partial charge in [-0.15, -0.1) is 0 Å². The first-order chi connectivity index (χ1) is 9.45. The molecule has 1 aromatic rings. The summed E-state index contributed by atoms with van der Waals surface area (Å²) in [7, 11) is 3.90. The summed E-state index contributed by atoms with van der Waals surface area (Å²) < 4.78 is 0. The second-order valence-electron chi connectivity index (χ2n) is 5.26. The highest BCUT2D eigenvalue weighted by atomic mass is 16.4. The molecule has 0 spiro atoms. The van der Waals surface area contributed by atoms with Crippen molar-refractivity contribution < 1.29 is 14.7 Å². The number of carboxylic acid groups (broad SMARTS) is 1. The van der Waals surface area contributed by atoms with E-state index in [1.807, 2.05) is 50.2 Å². The van der Waals surface area contributed by atoms with Gasteiger partial charge in [-0.05, 0) is 24.6 Å². The van der Waals surface area contributed by atoms with E-state index in [2.05, 4.69) is 0 Å². The SMILES string of the molecule is CCN1C(=O)CC(C(=O)O)C1c1ccc(N(C)C)cc1. The molecular formula is C15H20N2O3. The lowest BCUT2D eigenvalue weighted by Gasteiger charge is -2.26. The maximum Gasteiger partial charge on any atom is 0.309 e. The third-order valence-electron chi connectivity index (χ3n) is 3.84. The van der Waals surface area contributed by atoms with Gasteiger partial charge < -0.3 is 14.9 Å². The number of carboxylic acids is 1. The molecular weight excluding hydrogens is 256 g/mol. The number of aliphatic carboxylic acids is 1. The van der Waals surface area contributed by atoms with Crippen LogP contribution in [-0.4, -0.2) is 42.5 Å². The summed E-state index contributed by atoms with van der Waals surface area (Å²) >= 11 is 0. The van der Waals surface area contributed by atoms with E-state index >= 15 is 0 Å². The van der Waals surface area contributed by atoms with Gasteiger partial charge in [-0.1, -0.05) is 12.1 Å². The molecule has 5 nitrogen and oxygen atoms in total. The maximum atomic E-state index is 11.9. The highest BCUT2D eigenvalue weighted by Crippen LogP contribution is 2.38. The topological polar surface area (TPSA) is 60.9 Å². The van der Waals surface area contributed by atoms with Crippen molar-refractivity contribution in [3.63, 3.8) is 0 Å². The number of likely N-dealkylation sites (tertiary alicyclic amines) is 1. The van der Waals surface area contributed by atoms with E-state index < -0.39 is 11.9 Å². The van der Waals surface area contributed by atoms with Crippen LogP contribution in [-0.2, 0) is 9.59 Å². The van der Waals surface area contributed by atoms with Crippen LogP contribution in [0.15, 0.2) is 24.3 Å². The van der Waals surface area contributed by atoms with Crippen molar-refractivity contribution in [2.75, 3.05) is 25.5 Å². The molecule has 1 saturated heterocycles. The van der Waals surface area contributed by atoms with Crippen LogP contribution in [0.3, 0.4) is 0 Å². The first-order valence-electron chi connectivity index (χ1n) is 6.75. The Morgan fingerprint density at radius 2 is 1.95 bits per heavy atom. The molecule has 1 amide bonds. The summed E-state index contributed by atoms with van der Waals surface area (Å²) in [6.45, 7) is 2.41. The van der Waals surface area contributed by atoms with Gasteiger partial charge in [0.2, 0.25) is 5.91 Å². The van der Waals surface area contributed by atoms with Crippen LogP contribution in [0.25, 0.3) is 0 Å². The number of nitrogens with zero attached hydrogens (tertiary/aromatic N) is 2. The molecule has 2 unspecified atom stereocenters. The Hall–Kier alpha value is -2.04. The predicted octanol–water partition coefficient (Wildman–Crippen LogP) is 1.75. The van der Waals surface area contributed by atoms with Gasteiger partial charge in [0.15, 0.2) is 0 Å². The molecule has 1 fully saturated rings. The standard InChI is InChI=1S/C15H20N2O3/c1-4-17-13(18)9-12(15(19)20)14(17)10-5-7-11(8-6-10)16(2)3/h5-8,12,14H,4,9H2,1-3H3,(H,19,20). The minimum atomic E-state index is -0.906. The van der Waals surface area contributed by atoms with Crippen molar-refractivity contribution in [1.82, 2.24) is 4.90 Å². The number of amides is 1. The minimum Gasteiger partial charge on any atom is -0.481 e. The second kappa shape index (κ2) is 5.53. The summed E-state index contributed by atoms with van der Waals surface area (Å²) in [5.41, 5.74) is 1.93. The third kappa shape index (κ3) is 2.48. The lowest BCUT2D eigenvalue weighted by Crippen LogP contribution is -2.30. The fourth-order valence-corrected chi connectivity index (χ4v) is 2.77. The van der Waals surface area contributed by atoms with Gasteiger partial charge in [-0.25, -0.2) is 0 Å². The predicted molar refractivity (Wildman–Crippen MR) is 76.6 cm³/mol. The number of carbonyl (C=O) groups excluding carboxylic acids is 1. The number of anilines is 1. The first kappa shape index (κ1) is 14.4. The van der Waals surface area contributed by atoms with E-state index in [1.54, 1.807) is 4.90 Å². The lowest BCUT2D eigenvalue weighted by molar-refractivity contribution is -0.142. The van der Waals surface area contributed by atoms with Crippen LogP contribution in [0, 0.1) is 5.92 Å². The zero-order valence-corrected chi connectivity index (χ0v) is 12.0. The molecule has 0 saturated carbocycles. The van der Waals surface area contributed by atoms with E-state index in [1.165, 1.54) is 0 Å². The normalized spacial score (nSPS) is 22.1. The van der Waals surface area contributed by atoms with Crippen LogP contribution < -0.4 is 4.90 Å². The maximum absolute atomic E-state index is 11.9. The Morgan fingerprint density at radius 1 is 1.35 bits per heavy atom. The molecule has 1 aromatic carbocycles. The Labute approximate surface area is 118 Å². The quantitative estimate of drug-likeness (QED) is 0.910. The van der Waals surface area contributed by atoms with Crippen molar-refractivity contribution in [2.24, 2.45) is 5.92 Å². The number of carbonyl (C=O) groups is 2. The average Bonchev–Trinajstić information content (AvgIpc) is 2.75. The Kier molecular flexibility index (Phi) is 3.97. The van der Waals surface area contributed by atoms with Gasteiger partial charge in [0.05, 0.1) is 12.0 Å². The Bertz CT molecular complexity index is 510. The monoisotopic (exact) mass is 276 g/mol. The molecule has 0 bridgehead atoms. The number of rotatable bonds is 4. The highest BCUT2D eigenvalue weighted by Gasteiger charge is 2.43. The second-order valence-corrected chi connectivity index (χ2v) is 5.26. The summed E-state index contributed by atoms with van der Waals surface area (Å²) in [5, 5.41) is 9.33. The Balaban J connectivity index is 2.35. The lowest BCUT2D eigenvalue weighted by atomic mass is 9.93. The summed E-state index contributed by atoms with van der Waals surface area (Å²) in [6, 6.07) is 7.37. The molecule has 1 aliphatic rings. The van der Waals surface area contributed by atoms with Crippen molar-refractivity contribution in [1.29, 1.82) is 0 Å². The summed E-state index contributed by atoms with van der Waals surface area (Å²) in [4.78, 5) is 27.0. The van der Waals surface area contributed by atoms with Crippen LogP contribution in [0.2, 0.25) is 0 Å². The number of hydrogen-bond acceptors (Lipinski definition) is 3. The molecule has 5 heteroatoms. The largest absolute Gasteiger partial charge is 0.481 e. The fourth-order valence-electron chi connectivity index (χ4n) is 2.77. The molecule has 1 heterocycles. The van der Waals surface area contributed by atoms with Gasteiger partial charge in [0.1, 0.15) is 0 Å². The van der Waals surface area contributed by atoms with Crippen molar-refractivity contribution in [3.05, 3.63) is 29.8 Å². The molecule has 0 radical (unpaired) electrons. The molecule has 0 aromatic heterocycles. The third-order valence-corrected chi connectivity index (χ3v) is 3.84. The summed E-state index contributed by atoms with van der Waals surface area (Å²) in [5.74, 6) is -1.65. The molecule has 1 aliphatic heterocycles. The van der Waals surface area contributed by atoms with Gasteiger partial charge in [-0.3, -0.25) is 9.59 Å². The van der Waals surface area contributed by atoms with E-state index in [-0.39, 0.29) is 18.4 Å². The smallest absolute Gasteiger partial charge is 0.309 e. The van der Waals surface area contributed by atoms with Gasteiger partial charge >= 0.3 is 5.97 Å².